The third-order valence-electron chi connectivity index (χ3n) is 3.20. The van der Waals surface area contributed by atoms with Crippen molar-refractivity contribution in [2.45, 2.75) is 0 Å². The lowest BCUT2D eigenvalue weighted by Crippen LogP contribution is -2.38. The van der Waals surface area contributed by atoms with Crippen LogP contribution in [0.5, 0.6) is 0 Å². The number of urea groups is 2. The molecule has 1 aliphatic rings. The van der Waals surface area contributed by atoms with Crippen molar-refractivity contribution in [1.29, 1.82) is 0 Å². The Labute approximate surface area is 125 Å². The molecule has 0 aliphatic carbocycles. The number of aromatic nitrogens is 1. The molecule has 3 N–H and O–H groups in total. The van der Waals surface area contributed by atoms with Gasteiger partial charge in [0, 0.05) is 31.9 Å². The lowest BCUT2D eigenvalue weighted by atomic mass is 10.3. The lowest BCUT2D eigenvalue weighted by molar-refractivity contribution is 0.216. The molecular formula is C13H15N5O2S. The van der Waals surface area contributed by atoms with E-state index in [1.54, 1.807) is 10.4 Å². The second-order valence-electron chi connectivity index (χ2n) is 4.63. The summed E-state index contributed by atoms with van der Waals surface area (Å²) in [5, 5.41) is 8.22. The van der Waals surface area contributed by atoms with Gasteiger partial charge in [0.1, 0.15) is 0 Å². The summed E-state index contributed by atoms with van der Waals surface area (Å²) in [6.45, 7) is 2.28. The summed E-state index contributed by atoms with van der Waals surface area (Å²) >= 11 is 1.53. The molecule has 2 heterocycles. The number of thiazole rings is 1. The zero-order valence-corrected chi connectivity index (χ0v) is 12.1. The molecule has 0 atom stereocenters. The molecular weight excluding hydrogens is 290 g/mol. The molecule has 0 bridgehead atoms. The van der Waals surface area contributed by atoms with Crippen molar-refractivity contribution in [3.8, 4) is 0 Å². The Balaban J connectivity index is 1.48. The Morgan fingerprint density at radius 3 is 3.19 bits per heavy atom. The standard InChI is InChI=1S/C13H15N5O2S/c19-12(14-3-5-18-6-4-15-13(18)20)17-9-1-2-10-11(7-9)21-8-16-10/h1-2,7-8H,3-6H2,(H,15,20)(H2,14,17,19). The van der Waals surface area contributed by atoms with Gasteiger partial charge in [-0.2, -0.15) is 0 Å². The molecule has 2 aromatic rings. The Morgan fingerprint density at radius 1 is 1.48 bits per heavy atom. The molecule has 1 aromatic carbocycles. The molecule has 1 fully saturated rings. The van der Waals surface area contributed by atoms with Crippen LogP contribution in [0.15, 0.2) is 23.7 Å². The zero-order chi connectivity index (χ0) is 14.7. The van der Waals surface area contributed by atoms with Gasteiger partial charge in [0.25, 0.3) is 0 Å². The van der Waals surface area contributed by atoms with Crippen LogP contribution in [-0.4, -0.2) is 48.1 Å². The second-order valence-corrected chi connectivity index (χ2v) is 5.52. The van der Waals surface area contributed by atoms with E-state index >= 15 is 0 Å². The fourth-order valence-electron chi connectivity index (χ4n) is 2.14. The van der Waals surface area contributed by atoms with Gasteiger partial charge >= 0.3 is 12.1 Å². The minimum absolute atomic E-state index is 0.0761. The molecule has 21 heavy (non-hydrogen) atoms. The summed E-state index contributed by atoms with van der Waals surface area (Å²) in [6.07, 6.45) is 0. The van der Waals surface area contributed by atoms with Gasteiger partial charge in [-0.3, -0.25) is 0 Å². The van der Waals surface area contributed by atoms with Crippen molar-refractivity contribution in [3.05, 3.63) is 23.7 Å². The highest BCUT2D eigenvalue weighted by Crippen LogP contribution is 2.21. The molecule has 0 saturated carbocycles. The van der Waals surface area contributed by atoms with Crippen LogP contribution < -0.4 is 16.0 Å². The highest BCUT2D eigenvalue weighted by atomic mass is 32.1. The quantitative estimate of drug-likeness (QED) is 0.799. The van der Waals surface area contributed by atoms with Crippen molar-refractivity contribution in [3.63, 3.8) is 0 Å². The molecule has 3 rings (SSSR count). The van der Waals surface area contributed by atoms with E-state index in [0.717, 1.165) is 15.9 Å². The predicted octanol–water partition coefficient (Wildman–Crippen LogP) is 1.44. The summed E-state index contributed by atoms with van der Waals surface area (Å²) in [5.41, 5.74) is 3.42. The molecule has 0 spiro atoms. The number of fused-ring (bicyclic) bond motifs is 1. The number of hydrogen-bond acceptors (Lipinski definition) is 4. The van der Waals surface area contributed by atoms with E-state index in [2.05, 4.69) is 20.9 Å². The number of benzene rings is 1. The second kappa shape index (κ2) is 5.96. The Morgan fingerprint density at radius 2 is 2.38 bits per heavy atom. The van der Waals surface area contributed by atoms with Crippen LogP contribution in [0.4, 0.5) is 15.3 Å². The van der Waals surface area contributed by atoms with Gasteiger partial charge in [0.15, 0.2) is 0 Å². The maximum Gasteiger partial charge on any atom is 0.319 e. The van der Waals surface area contributed by atoms with Crippen LogP contribution in [-0.2, 0) is 0 Å². The summed E-state index contributed by atoms with van der Waals surface area (Å²) < 4.78 is 1.03. The number of rotatable bonds is 4. The van der Waals surface area contributed by atoms with Gasteiger partial charge in [-0.05, 0) is 18.2 Å². The van der Waals surface area contributed by atoms with Crippen LogP contribution in [0.1, 0.15) is 0 Å². The summed E-state index contributed by atoms with van der Waals surface area (Å²) in [5.74, 6) is 0. The van der Waals surface area contributed by atoms with Gasteiger partial charge in [-0.15, -0.1) is 11.3 Å². The zero-order valence-electron chi connectivity index (χ0n) is 11.3. The molecule has 0 radical (unpaired) electrons. The van der Waals surface area contributed by atoms with E-state index in [4.69, 9.17) is 0 Å². The van der Waals surface area contributed by atoms with E-state index in [9.17, 15) is 9.59 Å². The summed E-state index contributed by atoms with van der Waals surface area (Å²) in [4.78, 5) is 29.0. The van der Waals surface area contributed by atoms with Crippen LogP contribution in [0.2, 0.25) is 0 Å². The van der Waals surface area contributed by atoms with Gasteiger partial charge in [-0.1, -0.05) is 0 Å². The van der Waals surface area contributed by atoms with E-state index in [-0.39, 0.29) is 12.1 Å². The molecule has 4 amide bonds. The first kappa shape index (κ1) is 13.6. The molecule has 1 saturated heterocycles. The number of anilines is 1. The largest absolute Gasteiger partial charge is 0.336 e. The monoisotopic (exact) mass is 305 g/mol. The average Bonchev–Trinajstić information content (AvgIpc) is 3.07. The van der Waals surface area contributed by atoms with Crippen molar-refractivity contribution >= 4 is 39.3 Å². The highest BCUT2D eigenvalue weighted by molar-refractivity contribution is 7.16. The minimum atomic E-state index is -0.279. The Hall–Kier alpha value is -2.35. The van der Waals surface area contributed by atoms with Crippen molar-refractivity contribution in [2.24, 2.45) is 0 Å². The predicted molar refractivity (Wildman–Crippen MR) is 81.6 cm³/mol. The smallest absolute Gasteiger partial charge is 0.319 e. The fraction of sp³-hybridized carbons (Fsp3) is 0.308. The van der Waals surface area contributed by atoms with Gasteiger partial charge in [-0.25, -0.2) is 14.6 Å². The first-order chi connectivity index (χ1) is 10.2. The Bertz CT molecular complexity index is 671. The maximum absolute atomic E-state index is 11.8. The van der Waals surface area contributed by atoms with Crippen LogP contribution >= 0.6 is 11.3 Å². The van der Waals surface area contributed by atoms with Crippen molar-refractivity contribution < 1.29 is 9.59 Å². The molecule has 8 heteroatoms. The average molecular weight is 305 g/mol. The van der Waals surface area contributed by atoms with Gasteiger partial charge in [0.05, 0.1) is 15.7 Å². The van der Waals surface area contributed by atoms with E-state index in [1.165, 1.54) is 11.3 Å². The van der Waals surface area contributed by atoms with E-state index in [1.807, 2.05) is 18.2 Å². The number of carbonyl (C=O) groups excluding carboxylic acids is 2. The summed E-state index contributed by atoms with van der Waals surface area (Å²) in [6, 6.07) is 5.22. The SMILES string of the molecule is O=C(NCCN1CCNC1=O)Nc1ccc2ncsc2c1. The van der Waals surface area contributed by atoms with Gasteiger partial charge < -0.3 is 20.9 Å². The third-order valence-corrected chi connectivity index (χ3v) is 3.99. The normalized spacial score (nSPS) is 14.3. The number of hydrogen-bond donors (Lipinski definition) is 3. The third kappa shape index (κ3) is 3.22. The number of carbonyl (C=O) groups is 2. The van der Waals surface area contributed by atoms with E-state index in [0.29, 0.717) is 26.2 Å². The highest BCUT2D eigenvalue weighted by Gasteiger charge is 2.18. The maximum atomic E-state index is 11.8. The number of nitrogens with zero attached hydrogens (tertiary/aromatic N) is 2. The molecule has 1 aromatic heterocycles. The topological polar surface area (TPSA) is 86.4 Å². The minimum Gasteiger partial charge on any atom is -0.336 e. The first-order valence-electron chi connectivity index (χ1n) is 6.63. The fourth-order valence-corrected chi connectivity index (χ4v) is 2.85. The van der Waals surface area contributed by atoms with Crippen LogP contribution in [0.3, 0.4) is 0 Å². The van der Waals surface area contributed by atoms with Crippen molar-refractivity contribution in [2.75, 3.05) is 31.5 Å². The molecule has 1 aliphatic heterocycles. The van der Waals surface area contributed by atoms with E-state index < -0.39 is 0 Å². The first-order valence-corrected chi connectivity index (χ1v) is 7.51. The molecule has 0 unspecified atom stereocenters. The number of nitrogens with one attached hydrogen (secondary N) is 3. The lowest BCUT2D eigenvalue weighted by Gasteiger charge is -2.14. The van der Waals surface area contributed by atoms with Crippen molar-refractivity contribution in [1.82, 2.24) is 20.5 Å². The Kier molecular flexibility index (Phi) is 3.87. The molecule has 7 nitrogen and oxygen atoms in total. The van der Waals surface area contributed by atoms with Crippen LogP contribution in [0, 0.1) is 0 Å². The van der Waals surface area contributed by atoms with Crippen LogP contribution in [0.25, 0.3) is 10.2 Å². The number of amides is 4. The summed E-state index contributed by atoms with van der Waals surface area (Å²) in [7, 11) is 0. The van der Waals surface area contributed by atoms with Gasteiger partial charge in [0.2, 0.25) is 0 Å². The molecule has 110 valence electrons.